The Morgan fingerprint density at radius 1 is 1.42 bits per heavy atom. The van der Waals surface area contributed by atoms with Gasteiger partial charge in [-0.15, -0.1) is 10.2 Å². The van der Waals surface area contributed by atoms with Crippen LogP contribution in [-0.4, -0.2) is 17.2 Å². The molecule has 1 aliphatic heterocycles. The third kappa shape index (κ3) is 2.35. The molecule has 100 valence electrons. The van der Waals surface area contributed by atoms with Crippen molar-refractivity contribution in [2.75, 3.05) is 7.05 Å². The van der Waals surface area contributed by atoms with E-state index in [0.717, 1.165) is 28.6 Å². The fourth-order valence-electron chi connectivity index (χ4n) is 2.34. The van der Waals surface area contributed by atoms with Crippen LogP contribution in [0, 0.1) is 0 Å². The molecule has 3 rings (SSSR count). The van der Waals surface area contributed by atoms with Crippen LogP contribution in [0.15, 0.2) is 24.3 Å². The topological polar surface area (TPSA) is 47.0 Å². The molecule has 1 aromatic carbocycles. The van der Waals surface area contributed by atoms with E-state index < -0.39 is 0 Å². The summed E-state index contributed by atoms with van der Waals surface area (Å²) in [6.07, 6.45) is 1.93. The molecule has 0 bridgehead atoms. The number of ether oxygens (including phenoxy) is 1. The van der Waals surface area contributed by atoms with Gasteiger partial charge in [0.1, 0.15) is 10.8 Å². The van der Waals surface area contributed by atoms with E-state index in [0.29, 0.717) is 0 Å². The van der Waals surface area contributed by atoms with Gasteiger partial charge >= 0.3 is 0 Å². The SMILES string of the molecule is CCC(NC)c1nnc(C2Cc3ccccc3O2)s1. The van der Waals surface area contributed by atoms with Crippen LogP contribution in [0.2, 0.25) is 0 Å². The Morgan fingerprint density at radius 2 is 2.26 bits per heavy atom. The number of benzene rings is 1. The van der Waals surface area contributed by atoms with Crippen molar-refractivity contribution in [3.8, 4) is 5.75 Å². The molecule has 1 aromatic heterocycles. The molecule has 4 nitrogen and oxygen atoms in total. The Morgan fingerprint density at radius 3 is 3.00 bits per heavy atom. The Balaban J connectivity index is 1.79. The van der Waals surface area contributed by atoms with Gasteiger partial charge in [0.2, 0.25) is 0 Å². The number of nitrogens with zero attached hydrogens (tertiary/aromatic N) is 2. The van der Waals surface area contributed by atoms with Gasteiger partial charge in [-0.3, -0.25) is 0 Å². The summed E-state index contributed by atoms with van der Waals surface area (Å²) in [5.41, 5.74) is 1.25. The highest BCUT2D eigenvalue weighted by atomic mass is 32.1. The lowest BCUT2D eigenvalue weighted by Crippen LogP contribution is -2.14. The van der Waals surface area contributed by atoms with E-state index in [-0.39, 0.29) is 12.1 Å². The van der Waals surface area contributed by atoms with E-state index in [2.05, 4.69) is 28.5 Å². The van der Waals surface area contributed by atoms with Gasteiger partial charge in [0.25, 0.3) is 0 Å². The zero-order chi connectivity index (χ0) is 13.2. The average molecular weight is 275 g/mol. The first-order chi connectivity index (χ1) is 9.31. The summed E-state index contributed by atoms with van der Waals surface area (Å²) in [7, 11) is 1.96. The summed E-state index contributed by atoms with van der Waals surface area (Å²) < 4.78 is 5.94. The monoisotopic (exact) mass is 275 g/mol. The normalized spacial score (nSPS) is 18.9. The first-order valence-corrected chi connectivity index (χ1v) is 7.38. The highest BCUT2D eigenvalue weighted by Crippen LogP contribution is 2.37. The molecule has 2 heterocycles. The smallest absolute Gasteiger partial charge is 0.158 e. The van der Waals surface area contributed by atoms with E-state index >= 15 is 0 Å². The first-order valence-electron chi connectivity index (χ1n) is 6.57. The molecule has 0 amide bonds. The summed E-state index contributed by atoms with van der Waals surface area (Å²) in [6, 6.07) is 8.46. The van der Waals surface area contributed by atoms with Crippen molar-refractivity contribution < 1.29 is 4.74 Å². The van der Waals surface area contributed by atoms with Crippen LogP contribution < -0.4 is 10.1 Å². The molecule has 1 aliphatic rings. The van der Waals surface area contributed by atoms with Gasteiger partial charge in [0.05, 0.1) is 6.04 Å². The summed E-state index contributed by atoms with van der Waals surface area (Å²) in [6.45, 7) is 2.14. The number of para-hydroxylation sites is 1. The molecule has 0 radical (unpaired) electrons. The Kier molecular flexibility index (Phi) is 3.48. The highest BCUT2D eigenvalue weighted by Gasteiger charge is 2.27. The maximum Gasteiger partial charge on any atom is 0.158 e. The lowest BCUT2D eigenvalue weighted by molar-refractivity contribution is 0.237. The van der Waals surface area contributed by atoms with E-state index in [1.807, 2.05) is 25.2 Å². The number of fused-ring (bicyclic) bond motifs is 1. The summed E-state index contributed by atoms with van der Waals surface area (Å²) >= 11 is 1.65. The van der Waals surface area contributed by atoms with Gasteiger partial charge in [-0.2, -0.15) is 0 Å². The molecular formula is C14H17N3OS. The van der Waals surface area contributed by atoms with Gasteiger partial charge in [0.15, 0.2) is 11.1 Å². The Bertz CT molecular complexity index is 540. The molecule has 2 atom stereocenters. The third-order valence-corrected chi connectivity index (χ3v) is 4.56. The van der Waals surface area contributed by atoms with E-state index in [4.69, 9.17) is 4.74 Å². The first kappa shape index (κ1) is 12.6. The molecule has 0 saturated carbocycles. The Labute approximate surface area is 116 Å². The molecular weight excluding hydrogens is 258 g/mol. The Hall–Kier alpha value is -1.46. The van der Waals surface area contributed by atoms with E-state index in [1.165, 1.54) is 5.56 Å². The van der Waals surface area contributed by atoms with Gasteiger partial charge in [-0.25, -0.2) is 0 Å². The minimum absolute atomic E-state index is 0.0259. The van der Waals surface area contributed by atoms with Crippen molar-refractivity contribution in [3.05, 3.63) is 39.8 Å². The number of nitrogens with one attached hydrogen (secondary N) is 1. The van der Waals surface area contributed by atoms with Crippen LogP contribution in [0.5, 0.6) is 5.75 Å². The predicted octanol–water partition coefficient (Wildman–Crippen LogP) is 2.88. The van der Waals surface area contributed by atoms with Crippen LogP contribution in [0.4, 0.5) is 0 Å². The van der Waals surface area contributed by atoms with E-state index in [9.17, 15) is 0 Å². The lowest BCUT2D eigenvalue weighted by atomic mass is 10.1. The van der Waals surface area contributed by atoms with Crippen LogP contribution in [-0.2, 0) is 6.42 Å². The van der Waals surface area contributed by atoms with Gasteiger partial charge in [-0.05, 0) is 25.1 Å². The molecule has 2 aromatic rings. The summed E-state index contributed by atoms with van der Waals surface area (Å²) in [4.78, 5) is 0. The van der Waals surface area contributed by atoms with Crippen molar-refractivity contribution >= 4 is 11.3 Å². The van der Waals surface area contributed by atoms with Crippen LogP contribution in [0.1, 0.15) is 41.1 Å². The molecule has 2 unspecified atom stereocenters. The second-order valence-corrected chi connectivity index (χ2v) is 5.69. The fourth-order valence-corrected chi connectivity index (χ4v) is 3.41. The minimum atomic E-state index is 0.0259. The zero-order valence-corrected chi connectivity index (χ0v) is 11.9. The maximum absolute atomic E-state index is 5.94. The predicted molar refractivity (Wildman–Crippen MR) is 75.5 cm³/mol. The quantitative estimate of drug-likeness (QED) is 0.932. The molecule has 0 spiro atoms. The minimum Gasteiger partial charge on any atom is -0.483 e. The van der Waals surface area contributed by atoms with Crippen molar-refractivity contribution in [2.45, 2.75) is 31.9 Å². The third-order valence-electron chi connectivity index (χ3n) is 3.43. The van der Waals surface area contributed by atoms with E-state index in [1.54, 1.807) is 11.3 Å². The second-order valence-electron chi connectivity index (χ2n) is 4.65. The lowest BCUT2D eigenvalue weighted by Gasteiger charge is -2.08. The average Bonchev–Trinajstić information content (AvgIpc) is 3.06. The molecule has 0 aliphatic carbocycles. The fraction of sp³-hybridized carbons (Fsp3) is 0.429. The van der Waals surface area contributed by atoms with Gasteiger partial charge in [0, 0.05) is 6.42 Å². The standard InChI is InChI=1S/C14H17N3OS/c1-3-10(15-2)13-16-17-14(19-13)12-8-9-6-4-5-7-11(9)18-12/h4-7,10,12,15H,3,8H2,1-2H3. The largest absolute Gasteiger partial charge is 0.483 e. The molecule has 0 fully saturated rings. The van der Waals surface area contributed by atoms with Crippen molar-refractivity contribution in [2.24, 2.45) is 0 Å². The van der Waals surface area contributed by atoms with Crippen LogP contribution >= 0.6 is 11.3 Å². The summed E-state index contributed by atoms with van der Waals surface area (Å²) in [5.74, 6) is 0.977. The number of aromatic nitrogens is 2. The van der Waals surface area contributed by atoms with Crippen LogP contribution in [0.25, 0.3) is 0 Å². The maximum atomic E-state index is 5.94. The molecule has 0 saturated heterocycles. The number of rotatable bonds is 4. The van der Waals surface area contributed by atoms with Gasteiger partial charge in [-0.1, -0.05) is 36.5 Å². The van der Waals surface area contributed by atoms with Crippen molar-refractivity contribution in [3.63, 3.8) is 0 Å². The number of hydrogen-bond acceptors (Lipinski definition) is 5. The van der Waals surface area contributed by atoms with Crippen LogP contribution in [0.3, 0.4) is 0 Å². The molecule has 1 N–H and O–H groups in total. The zero-order valence-electron chi connectivity index (χ0n) is 11.1. The summed E-state index contributed by atoms with van der Waals surface area (Å²) in [5, 5.41) is 13.9. The molecule has 19 heavy (non-hydrogen) atoms. The molecule has 5 heteroatoms. The van der Waals surface area contributed by atoms with Crippen molar-refractivity contribution in [1.82, 2.24) is 15.5 Å². The second kappa shape index (κ2) is 5.27. The number of hydrogen-bond donors (Lipinski definition) is 1. The van der Waals surface area contributed by atoms with Gasteiger partial charge < -0.3 is 10.1 Å². The van der Waals surface area contributed by atoms with Crippen molar-refractivity contribution in [1.29, 1.82) is 0 Å². The highest BCUT2D eigenvalue weighted by molar-refractivity contribution is 7.11.